The van der Waals surface area contributed by atoms with Crippen LogP contribution in [0.1, 0.15) is 227 Å². The van der Waals surface area contributed by atoms with Gasteiger partial charge in [-0.1, -0.05) is 219 Å². The smallest absolute Gasteiger partial charge is 0.438 e. The fourth-order valence-corrected chi connectivity index (χ4v) is 14.8. The van der Waals surface area contributed by atoms with Gasteiger partial charge in [-0.15, -0.1) is 11.6 Å². The lowest BCUT2D eigenvalue weighted by Crippen LogP contribution is -2.46. The maximum Gasteiger partial charge on any atom is 0.500 e. The molecule has 0 aliphatic heterocycles. The van der Waals surface area contributed by atoms with Crippen LogP contribution in [0.5, 0.6) is 0 Å². The SMILES string of the molecule is CCCCCCCC.CCCCCCCCCCCCCCCCCC[Si](OC)(OC)OC.CCCCCC[SiH2]O.CCO[Si](CCCCl)(OCC)OCC.CO[Si](CCc1ccccc1)(OC)OC. The van der Waals surface area contributed by atoms with Gasteiger partial charge in [0.25, 0.3) is 0 Å². The first kappa shape index (κ1) is 76.5. The fourth-order valence-electron chi connectivity index (χ4n) is 7.80. The van der Waals surface area contributed by atoms with Crippen LogP contribution >= 0.6 is 11.6 Å². The highest BCUT2D eigenvalue weighted by molar-refractivity contribution is 6.61. The van der Waals surface area contributed by atoms with Crippen LogP contribution in [-0.4, -0.2) is 109 Å². The molecule has 15 heteroatoms. The average molecular weight is 1090 g/mol. The van der Waals surface area contributed by atoms with Gasteiger partial charge in [-0.05, 0) is 51.6 Å². The minimum Gasteiger partial charge on any atom is -0.438 e. The summed E-state index contributed by atoms with van der Waals surface area (Å²) >= 11 is 5.66. The summed E-state index contributed by atoms with van der Waals surface area (Å²) in [6.07, 6.45) is 37.8. The predicted molar refractivity (Wildman–Crippen MR) is 312 cm³/mol. The van der Waals surface area contributed by atoms with Gasteiger partial charge in [0.2, 0.25) is 0 Å². The molecule has 0 unspecified atom stereocenters. The van der Waals surface area contributed by atoms with Crippen LogP contribution in [0.2, 0.25) is 24.2 Å². The molecule has 422 valence electrons. The summed E-state index contributed by atoms with van der Waals surface area (Å²) < 4.78 is 49.4. The van der Waals surface area contributed by atoms with Crippen molar-refractivity contribution in [3.8, 4) is 0 Å². The number of benzene rings is 1. The van der Waals surface area contributed by atoms with E-state index in [0.717, 1.165) is 43.4 Å². The maximum absolute atomic E-state index is 8.50. The number of rotatable bonds is 45. The fraction of sp³-hybridized carbons (Fsp3) is 0.891. The molecule has 0 bridgehead atoms. The van der Waals surface area contributed by atoms with E-state index >= 15 is 0 Å². The summed E-state index contributed by atoms with van der Waals surface area (Å²) in [5.74, 6) is 0.627. The van der Waals surface area contributed by atoms with Gasteiger partial charge in [0.15, 0.2) is 9.76 Å². The Balaban J connectivity index is -0.000000417. The zero-order valence-corrected chi connectivity index (χ0v) is 53.7. The van der Waals surface area contributed by atoms with Gasteiger partial charge in [-0.2, -0.15) is 0 Å². The van der Waals surface area contributed by atoms with E-state index in [1.54, 1.807) is 42.7 Å². The second-order valence-electron chi connectivity index (χ2n) is 18.0. The van der Waals surface area contributed by atoms with Crippen molar-refractivity contribution in [2.24, 2.45) is 0 Å². The van der Waals surface area contributed by atoms with E-state index in [2.05, 4.69) is 39.8 Å². The molecule has 70 heavy (non-hydrogen) atoms. The highest BCUT2D eigenvalue weighted by atomic mass is 35.5. The number of alkyl halides is 1. The highest BCUT2D eigenvalue weighted by Crippen LogP contribution is 2.21. The van der Waals surface area contributed by atoms with E-state index < -0.39 is 36.2 Å². The Labute approximate surface area is 446 Å². The average Bonchev–Trinajstić information content (AvgIpc) is 3.39. The molecular formula is C55H119ClO10Si4. The van der Waals surface area contributed by atoms with Crippen molar-refractivity contribution in [2.45, 2.75) is 252 Å². The van der Waals surface area contributed by atoms with Crippen molar-refractivity contribution in [3.63, 3.8) is 0 Å². The van der Waals surface area contributed by atoms with Crippen LogP contribution in [-0.2, 0) is 46.3 Å². The Morgan fingerprint density at radius 2 is 0.686 bits per heavy atom. The van der Waals surface area contributed by atoms with Crippen LogP contribution in [0.25, 0.3) is 0 Å². The molecule has 0 aliphatic carbocycles. The molecule has 0 heterocycles. The Hall–Kier alpha value is -0.0225. The molecule has 0 amide bonds. The van der Waals surface area contributed by atoms with Crippen LogP contribution in [0.15, 0.2) is 30.3 Å². The molecule has 1 N–H and O–H groups in total. The van der Waals surface area contributed by atoms with Gasteiger partial charge in [-0.25, -0.2) is 0 Å². The second-order valence-corrected chi connectivity index (χ2v) is 28.4. The van der Waals surface area contributed by atoms with E-state index in [-0.39, 0.29) is 0 Å². The molecule has 0 atom stereocenters. The van der Waals surface area contributed by atoms with E-state index in [1.165, 1.54) is 166 Å². The summed E-state index contributed by atoms with van der Waals surface area (Å²) in [6, 6.07) is 14.0. The third-order valence-electron chi connectivity index (χ3n) is 12.2. The third kappa shape index (κ3) is 50.2. The summed E-state index contributed by atoms with van der Waals surface area (Å²) in [7, 11) is 2.29. The monoisotopic (exact) mass is 1090 g/mol. The van der Waals surface area contributed by atoms with Crippen LogP contribution in [0.4, 0.5) is 0 Å². The number of hydrogen-bond acceptors (Lipinski definition) is 10. The van der Waals surface area contributed by atoms with Crippen molar-refractivity contribution >= 4 is 47.8 Å². The lowest BCUT2D eigenvalue weighted by atomic mass is 10.0. The molecule has 1 rings (SSSR count). The number of hydrogen-bond donors (Lipinski definition) is 1. The first-order chi connectivity index (χ1) is 34.1. The number of aryl methyl sites for hydroxylation is 1. The molecule has 0 fully saturated rings. The van der Waals surface area contributed by atoms with E-state index in [4.69, 9.17) is 56.2 Å². The largest absolute Gasteiger partial charge is 0.500 e. The predicted octanol–water partition coefficient (Wildman–Crippen LogP) is 16.3. The van der Waals surface area contributed by atoms with Crippen molar-refractivity contribution in [2.75, 3.05) is 68.4 Å². The molecule has 0 saturated carbocycles. The third-order valence-corrected chi connectivity index (χ3v) is 22.0. The van der Waals surface area contributed by atoms with Gasteiger partial charge in [0, 0.05) is 86.5 Å². The summed E-state index contributed by atoms with van der Waals surface area (Å²) in [5.41, 5.74) is 1.28. The minimum absolute atomic E-state index is 0.614. The molecule has 0 spiro atoms. The van der Waals surface area contributed by atoms with E-state index in [9.17, 15) is 0 Å². The zero-order chi connectivity index (χ0) is 53.1. The van der Waals surface area contributed by atoms with Gasteiger partial charge >= 0.3 is 26.4 Å². The minimum atomic E-state index is -2.40. The number of unbranched alkanes of at least 4 members (excludes halogenated alkanes) is 23. The summed E-state index contributed by atoms with van der Waals surface area (Å²) in [5, 5.41) is 0. The van der Waals surface area contributed by atoms with Crippen molar-refractivity contribution in [1.29, 1.82) is 0 Å². The van der Waals surface area contributed by atoms with E-state index in [0.29, 0.717) is 25.7 Å². The molecule has 1 aromatic rings. The van der Waals surface area contributed by atoms with Crippen LogP contribution < -0.4 is 0 Å². The summed E-state index contributed by atoms with van der Waals surface area (Å²) in [6.45, 7) is 16.8. The molecule has 1 aromatic carbocycles. The normalized spacial score (nSPS) is 11.6. The first-order valence-corrected chi connectivity index (χ1v) is 36.5. The molecular weight excluding hydrogens is 968 g/mol. The lowest BCUT2D eigenvalue weighted by molar-refractivity contribution is 0.0712. The molecule has 0 radical (unpaired) electrons. The first-order valence-electron chi connectivity index (χ1n) is 28.5. The molecule has 0 aliphatic rings. The summed E-state index contributed by atoms with van der Waals surface area (Å²) in [4.78, 5) is 8.50. The lowest BCUT2D eigenvalue weighted by Gasteiger charge is -2.28. The standard InChI is InChI=1S/C21H46O3Si.C11H18O3Si.C9H21ClO3Si.C8H18.C6H16OSi/c1-5-6-7-8-9-10-11-12-13-14-15-16-17-18-19-20-21-25(22-2,23-3)24-4;1-12-15(13-2,14-3)10-9-11-7-5-4-6-8-11;1-4-11-14(12-5-2,13-6-3)9-7-8-10;1-3-5-7-8-6-4-2;1-2-3-4-5-6-8-7/h5-21H2,1-4H3;4-8H,9-10H2,1-3H3;4-9H2,1-3H3;3-8H2,1-2H3;7H,2-6,8H2,1H3. The second kappa shape index (κ2) is 61.5. The topological polar surface area (TPSA) is 103 Å². The maximum atomic E-state index is 8.50. The van der Waals surface area contributed by atoms with Crippen molar-refractivity contribution < 1.29 is 44.6 Å². The van der Waals surface area contributed by atoms with Gasteiger partial charge < -0.3 is 44.6 Å². The Morgan fingerprint density at radius 3 is 0.986 bits per heavy atom. The number of halogens is 1. The van der Waals surface area contributed by atoms with E-state index in [1.807, 2.05) is 39.0 Å². The Bertz CT molecular complexity index is 1020. The quantitative estimate of drug-likeness (QED) is 0.0386. The Kier molecular flexibility index (Phi) is 67.2. The van der Waals surface area contributed by atoms with Gasteiger partial charge in [0.05, 0.1) is 0 Å². The molecule has 0 aromatic heterocycles. The van der Waals surface area contributed by atoms with Crippen molar-refractivity contribution in [1.82, 2.24) is 0 Å². The zero-order valence-electron chi connectivity index (χ0n) is 48.5. The molecule has 0 saturated heterocycles. The van der Waals surface area contributed by atoms with Crippen LogP contribution in [0, 0.1) is 0 Å². The van der Waals surface area contributed by atoms with Crippen LogP contribution in [0.3, 0.4) is 0 Å². The highest BCUT2D eigenvalue weighted by Gasteiger charge is 2.40. The Morgan fingerprint density at radius 1 is 0.386 bits per heavy atom. The molecule has 10 nitrogen and oxygen atoms in total. The van der Waals surface area contributed by atoms with Gasteiger partial charge in [-0.3, -0.25) is 0 Å². The van der Waals surface area contributed by atoms with Crippen molar-refractivity contribution in [3.05, 3.63) is 35.9 Å². The van der Waals surface area contributed by atoms with Gasteiger partial charge in [0.1, 0.15) is 0 Å².